The van der Waals surface area contributed by atoms with Crippen LogP contribution in [-0.2, 0) is 13.1 Å². The van der Waals surface area contributed by atoms with Crippen molar-refractivity contribution >= 4 is 17.3 Å². The molecule has 1 heterocycles. The molecule has 8 heteroatoms. The zero-order chi connectivity index (χ0) is 15.4. The van der Waals surface area contributed by atoms with E-state index in [0.29, 0.717) is 23.2 Å². The number of halogens is 1. The summed E-state index contributed by atoms with van der Waals surface area (Å²) in [5, 5.41) is 22.6. The van der Waals surface area contributed by atoms with Crippen LogP contribution < -0.4 is 5.32 Å². The molecule has 0 saturated heterocycles. The summed E-state index contributed by atoms with van der Waals surface area (Å²) >= 11 is 6.05. The maximum atomic E-state index is 11.0. The number of rotatable bonds is 6. The Balaban J connectivity index is 2.17. The van der Waals surface area contributed by atoms with E-state index in [0.717, 1.165) is 5.69 Å². The molecule has 0 atom stereocenters. The second-order valence-electron chi connectivity index (χ2n) is 4.94. The standard InChI is InChI=1S/C13H16ClN5O2/c1-9(2)15-6-10-7-18(17-16-10)8-11-12(14)4-3-5-13(11)19(20)21/h3-5,7,9,15H,6,8H2,1-2H3. The van der Waals surface area contributed by atoms with E-state index in [2.05, 4.69) is 15.6 Å². The highest BCUT2D eigenvalue weighted by atomic mass is 35.5. The van der Waals surface area contributed by atoms with Gasteiger partial charge in [0.2, 0.25) is 0 Å². The number of nitrogens with zero attached hydrogens (tertiary/aromatic N) is 4. The molecule has 1 N–H and O–H groups in total. The second-order valence-corrected chi connectivity index (χ2v) is 5.34. The van der Waals surface area contributed by atoms with Crippen LogP contribution in [0, 0.1) is 10.1 Å². The van der Waals surface area contributed by atoms with Gasteiger partial charge in [0.25, 0.3) is 5.69 Å². The summed E-state index contributed by atoms with van der Waals surface area (Å²) in [5.74, 6) is 0. The van der Waals surface area contributed by atoms with E-state index >= 15 is 0 Å². The molecule has 0 aliphatic heterocycles. The topological polar surface area (TPSA) is 85.9 Å². The highest BCUT2D eigenvalue weighted by Gasteiger charge is 2.17. The van der Waals surface area contributed by atoms with Crippen LogP contribution in [-0.4, -0.2) is 26.0 Å². The molecule has 0 radical (unpaired) electrons. The lowest BCUT2D eigenvalue weighted by atomic mass is 10.2. The molecule has 0 spiro atoms. The number of nitrogens with one attached hydrogen (secondary N) is 1. The lowest BCUT2D eigenvalue weighted by Gasteiger charge is -2.05. The first-order valence-electron chi connectivity index (χ1n) is 6.51. The smallest absolute Gasteiger partial charge is 0.275 e. The number of hydrogen-bond acceptors (Lipinski definition) is 5. The van der Waals surface area contributed by atoms with Gasteiger partial charge in [0.15, 0.2) is 0 Å². The van der Waals surface area contributed by atoms with Crippen LogP contribution in [0.5, 0.6) is 0 Å². The fourth-order valence-corrected chi connectivity index (χ4v) is 2.07. The van der Waals surface area contributed by atoms with Crippen molar-refractivity contribution in [3.05, 3.63) is 50.8 Å². The third-order valence-electron chi connectivity index (χ3n) is 2.89. The quantitative estimate of drug-likeness (QED) is 0.654. The molecule has 0 aliphatic carbocycles. The molecule has 21 heavy (non-hydrogen) atoms. The van der Waals surface area contributed by atoms with Gasteiger partial charge in [-0.15, -0.1) is 5.10 Å². The van der Waals surface area contributed by atoms with E-state index in [1.54, 1.807) is 23.0 Å². The van der Waals surface area contributed by atoms with Crippen LogP contribution >= 0.6 is 11.6 Å². The van der Waals surface area contributed by atoms with Crippen LogP contribution in [0.2, 0.25) is 5.02 Å². The normalized spacial score (nSPS) is 11.0. The third-order valence-corrected chi connectivity index (χ3v) is 3.24. The first kappa shape index (κ1) is 15.4. The van der Waals surface area contributed by atoms with Crippen LogP contribution in [0.4, 0.5) is 5.69 Å². The summed E-state index contributed by atoms with van der Waals surface area (Å²) in [6, 6.07) is 4.96. The predicted octanol–water partition coefficient (Wildman–Crippen LogP) is 2.39. The van der Waals surface area contributed by atoms with Gasteiger partial charge in [0.05, 0.1) is 33.9 Å². The van der Waals surface area contributed by atoms with Gasteiger partial charge in [0.1, 0.15) is 0 Å². The molecule has 2 aromatic rings. The highest BCUT2D eigenvalue weighted by Crippen LogP contribution is 2.26. The fourth-order valence-electron chi connectivity index (χ4n) is 1.84. The Kier molecular flexibility index (Phi) is 4.87. The predicted molar refractivity (Wildman–Crippen MR) is 79.2 cm³/mol. The van der Waals surface area contributed by atoms with Gasteiger partial charge in [-0.3, -0.25) is 10.1 Å². The Labute approximate surface area is 127 Å². The molecule has 0 bridgehead atoms. The molecule has 1 aromatic heterocycles. The summed E-state index contributed by atoms with van der Waals surface area (Å²) in [7, 11) is 0. The monoisotopic (exact) mass is 309 g/mol. The van der Waals surface area contributed by atoms with Crippen molar-refractivity contribution in [2.24, 2.45) is 0 Å². The molecule has 112 valence electrons. The largest absolute Gasteiger partial charge is 0.309 e. The van der Waals surface area contributed by atoms with E-state index in [1.165, 1.54) is 6.07 Å². The molecular weight excluding hydrogens is 294 g/mol. The van der Waals surface area contributed by atoms with Gasteiger partial charge in [-0.1, -0.05) is 36.7 Å². The Morgan fingerprint density at radius 3 is 2.90 bits per heavy atom. The molecule has 7 nitrogen and oxygen atoms in total. The second kappa shape index (κ2) is 6.64. The molecule has 0 saturated carbocycles. The van der Waals surface area contributed by atoms with Crippen molar-refractivity contribution < 1.29 is 4.92 Å². The molecule has 0 amide bonds. The lowest BCUT2D eigenvalue weighted by molar-refractivity contribution is -0.385. The third kappa shape index (κ3) is 3.99. The first-order valence-corrected chi connectivity index (χ1v) is 6.89. The summed E-state index contributed by atoms with van der Waals surface area (Å²) < 4.78 is 1.55. The van der Waals surface area contributed by atoms with Crippen molar-refractivity contribution in [3.8, 4) is 0 Å². The van der Waals surface area contributed by atoms with E-state index in [-0.39, 0.29) is 12.2 Å². The number of nitro benzene ring substituents is 1. The van der Waals surface area contributed by atoms with E-state index < -0.39 is 4.92 Å². The van der Waals surface area contributed by atoms with E-state index in [9.17, 15) is 10.1 Å². The molecular formula is C13H16ClN5O2. The lowest BCUT2D eigenvalue weighted by Crippen LogP contribution is -2.21. The van der Waals surface area contributed by atoms with Gasteiger partial charge < -0.3 is 5.32 Å². The Morgan fingerprint density at radius 2 is 2.24 bits per heavy atom. The minimum atomic E-state index is -0.445. The first-order chi connectivity index (χ1) is 9.97. The van der Waals surface area contributed by atoms with Crippen molar-refractivity contribution in [2.75, 3.05) is 0 Å². The summed E-state index contributed by atoms with van der Waals surface area (Å²) in [4.78, 5) is 10.6. The van der Waals surface area contributed by atoms with Gasteiger partial charge in [-0.2, -0.15) is 0 Å². The van der Waals surface area contributed by atoms with Gasteiger partial charge in [-0.05, 0) is 6.07 Å². The molecule has 0 unspecified atom stereocenters. The molecule has 2 rings (SSSR count). The van der Waals surface area contributed by atoms with Crippen LogP contribution in [0.25, 0.3) is 0 Å². The number of hydrogen-bond donors (Lipinski definition) is 1. The number of benzene rings is 1. The SMILES string of the molecule is CC(C)NCc1cn(Cc2c(Cl)cccc2[N+](=O)[O-])nn1. The molecule has 0 aliphatic rings. The van der Waals surface area contributed by atoms with Gasteiger partial charge in [-0.25, -0.2) is 4.68 Å². The maximum absolute atomic E-state index is 11.0. The molecule has 0 fully saturated rings. The van der Waals surface area contributed by atoms with Crippen molar-refractivity contribution in [1.82, 2.24) is 20.3 Å². The van der Waals surface area contributed by atoms with Gasteiger partial charge >= 0.3 is 0 Å². The van der Waals surface area contributed by atoms with Crippen LogP contribution in [0.1, 0.15) is 25.1 Å². The minimum Gasteiger partial charge on any atom is -0.309 e. The Hall–Kier alpha value is -1.99. The minimum absolute atomic E-state index is 0.0140. The molecule has 1 aromatic carbocycles. The number of aromatic nitrogens is 3. The highest BCUT2D eigenvalue weighted by molar-refractivity contribution is 6.31. The summed E-state index contributed by atoms with van der Waals surface area (Å²) in [6.45, 7) is 4.89. The zero-order valence-corrected chi connectivity index (χ0v) is 12.5. The van der Waals surface area contributed by atoms with Crippen LogP contribution in [0.3, 0.4) is 0 Å². The number of nitro groups is 1. The average molecular weight is 310 g/mol. The summed E-state index contributed by atoms with van der Waals surface area (Å²) in [5.41, 5.74) is 1.19. The maximum Gasteiger partial charge on any atom is 0.275 e. The fraction of sp³-hybridized carbons (Fsp3) is 0.385. The van der Waals surface area contributed by atoms with E-state index in [1.807, 2.05) is 13.8 Å². The average Bonchev–Trinajstić information content (AvgIpc) is 2.86. The Morgan fingerprint density at radius 1 is 1.48 bits per heavy atom. The zero-order valence-electron chi connectivity index (χ0n) is 11.8. The van der Waals surface area contributed by atoms with Crippen LogP contribution in [0.15, 0.2) is 24.4 Å². The van der Waals surface area contributed by atoms with Gasteiger partial charge in [0, 0.05) is 18.7 Å². The van der Waals surface area contributed by atoms with Crippen molar-refractivity contribution in [1.29, 1.82) is 0 Å². The summed E-state index contributed by atoms with van der Waals surface area (Å²) in [6.07, 6.45) is 1.75. The Bertz CT molecular complexity index is 641. The van der Waals surface area contributed by atoms with E-state index in [4.69, 9.17) is 11.6 Å². The van der Waals surface area contributed by atoms with Crippen molar-refractivity contribution in [3.63, 3.8) is 0 Å². The van der Waals surface area contributed by atoms with Crippen molar-refractivity contribution in [2.45, 2.75) is 33.0 Å².